The van der Waals surface area contributed by atoms with Crippen LogP contribution in [0, 0.1) is 0 Å². The highest BCUT2D eigenvalue weighted by molar-refractivity contribution is 7.86. The molecule has 0 rings (SSSR count). The van der Waals surface area contributed by atoms with Crippen LogP contribution in [0.2, 0.25) is 0 Å². The standard InChI is InChI=1S/C14H30O4S/c1-3-5-6-7-8-9-11-13(15)12-14(10-4-2)19(16,17)18/h13-15H,3-12H2,1-2H3,(H,16,17,18). The van der Waals surface area contributed by atoms with Gasteiger partial charge >= 0.3 is 0 Å². The van der Waals surface area contributed by atoms with E-state index in [2.05, 4.69) is 6.92 Å². The fraction of sp³-hybridized carbons (Fsp3) is 1.00. The number of rotatable bonds is 12. The average molecular weight is 294 g/mol. The molecule has 0 amide bonds. The van der Waals surface area contributed by atoms with E-state index in [1.54, 1.807) is 0 Å². The normalized spacial score (nSPS) is 15.4. The zero-order chi connectivity index (χ0) is 14.7. The van der Waals surface area contributed by atoms with E-state index in [-0.39, 0.29) is 6.42 Å². The molecule has 0 aliphatic rings. The highest BCUT2D eigenvalue weighted by atomic mass is 32.2. The average Bonchev–Trinajstić information content (AvgIpc) is 2.32. The minimum atomic E-state index is -4.02. The van der Waals surface area contributed by atoms with Gasteiger partial charge in [0.15, 0.2) is 0 Å². The molecule has 4 nitrogen and oxygen atoms in total. The summed E-state index contributed by atoms with van der Waals surface area (Å²) in [7, 11) is -4.02. The number of aliphatic hydroxyl groups is 1. The molecule has 0 aromatic heterocycles. The van der Waals surface area contributed by atoms with Crippen molar-refractivity contribution in [1.82, 2.24) is 0 Å². The summed E-state index contributed by atoms with van der Waals surface area (Å²) in [5.74, 6) is 0. The maximum atomic E-state index is 11.1. The predicted octanol–water partition coefficient (Wildman–Crippen LogP) is 3.54. The second kappa shape index (κ2) is 10.6. The van der Waals surface area contributed by atoms with Gasteiger partial charge in [-0.1, -0.05) is 58.8 Å². The summed E-state index contributed by atoms with van der Waals surface area (Å²) in [6.45, 7) is 4.05. The summed E-state index contributed by atoms with van der Waals surface area (Å²) in [6.07, 6.45) is 8.15. The number of unbranched alkanes of at least 4 members (excludes halogenated alkanes) is 5. The van der Waals surface area contributed by atoms with Crippen LogP contribution in [0.15, 0.2) is 0 Å². The Labute approximate surface area is 118 Å². The van der Waals surface area contributed by atoms with Gasteiger partial charge < -0.3 is 5.11 Å². The molecule has 0 aliphatic carbocycles. The molecule has 0 bridgehead atoms. The van der Waals surface area contributed by atoms with Gasteiger partial charge in [-0.05, 0) is 19.3 Å². The molecule has 0 heterocycles. The number of hydrogen-bond acceptors (Lipinski definition) is 3. The third kappa shape index (κ3) is 10.3. The van der Waals surface area contributed by atoms with Crippen molar-refractivity contribution in [2.45, 2.75) is 89.4 Å². The zero-order valence-electron chi connectivity index (χ0n) is 12.3. The van der Waals surface area contributed by atoms with Gasteiger partial charge in [-0.3, -0.25) is 4.55 Å². The summed E-state index contributed by atoms with van der Waals surface area (Å²) in [4.78, 5) is 0. The van der Waals surface area contributed by atoms with Crippen LogP contribution in [0.4, 0.5) is 0 Å². The minimum Gasteiger partial charge on any atom is -0.393 e. The molecule has 2 unspecified atom stereocenters. The van der Waals surface area contributed by atoms with Crippen molar-refractivity contribution in [3.63, 3.8) is 0 Å². The first-order valence-electron chi connectivity index (χ1n) is 7.56. The van der Waals surface area contributed by atoms with E-state index in [4.69, 9.17) is 4.55 Å². The van der Waals surface area contributed by atoms with E-state index < -0.39 is 21.5 Å². The Morgan fingerprint density at radius 1 is 0.895 bits per heavy atom. The molecule has 0 aromatic carbocycles. The van der Waals surface area contributed by atoms with E-state index in [1.807, 2.05) is 6.92 Å². The predicted molar refractivity (Wildman–Crippen MR) is 78.9 cm³/mol. The van der Waals surface area contributed by atoms with E-state index in [0.717, 1.165) is 12.8 Å². The first kappa shape index (κ1) is 18.9. The maximum Gasteiger partial charge on any atom is 0.267 e. The molecule has 0 radical (unpaired) electrons. The minimum absolute atomic E-state index is 0.154. The molecule has 2 atom stereocenters. The van der Waals surface area contributed by atoms with Gasteiger partial charge in [-0.25, -0.2) is 0 Å². The summed E-state index contributed by atoms with van der Waals surface area (Å²) < 4.78 is 31.4. The lowest BCUT2D eigenvalue weighted by Crippen LogP contribution is -2.26. The summed E-state index contributed by atoms with van der Waals surface area (Å²) >= 11 is 0. The first-order valence-corrected chi connectivity index (χ1v) is 9.06. The molecule has 0 saturated heterocycles. The largest absolute Gasteiger partial charge is 0.393 e. The van der Waals surface area contributed by atoms with E-state index in [1.165, 1.54) is 25.7 Å². The SMILES string of the molecule is CCCCCCCCC(O)CC(CCC)S(=O)(=O)O. The second-order valence-corrected chi connectivity index (χ2v) is 7.07. The van der Waals surface area contributed by atoms with Crippen molar-refractivity contribution >= 4 is 10.1 Å². The third-order valence-electron chi connectivity index (χ3n) is 3.46. The summed E-state index contributed by atoms with van der Waals surface area (Å²) in [5, 5.41) is 9.02. The Morgan fingerprint density at radius 3 is 2.00 bits per heavy atom. The third-order valence-corrected chi connectivity index (χ3v) is 4.73. The molecule has 0 fully saturated rings. The molecule has 5 heteroatoms. The zero-order valence-corrected chi connectivity index (χ0v) is 13.2. The number of hydrogen-bond donors (Lipinski definition) is 2. The molecule has 116 valence electrons. The second-order valence-electron chi connectivity index (χ2n) is 5.37. The van der Waals surface area contributed by atoms with Crippen LogP contribution < -0.4 is 0 Å². The summed E-state index contributed by atoms with van der Waals surface area (Å²) in [6, 6.07) is 0. The molecule has 19 heavy (non-hydrogen) atoms. The molecule has 2 N–H and O–H groups in total. The van der Waals surface area contributed by atoms with Crippen molar-refractivity contribution < 1.29 is 18.1 Å². The fourth-order valence-corrected chi connectivity index (χ4v) is 3.29. The first-order chi connectivity index (χ1) is 8.91. The van der Waals surface area contributed by atoms with Crippen molar-refractivity contribution in [3.8, 4) is 0 Å². The van der Waals surface area contributed by atoms with Crippen LogP contribution in [0.1, 0.15) is 78.1 Å². The van der Waals surface area contributed by atoms with Crippen molar-refractivity contribution in [2.24, 2.45) is 0 Å². The number of aliphatic hydroxyl groups excluding tert-OH is 1. The molecular weight excluding hydrogens is 264 g/mol. The van der Waals surface area contributed by atoms with E-state index in [0.29, 0.717) is 19.3 Å². The van der Waals surface area contributed by atoms with Crippen molar-refractivity contribution in [3.05, 3.63) is 0 Å². The van der Waals surface area contributed by atoms with Gasteiger partial charge in [0, 0.05) is 0 Å². The van der Waals surface area contributed by atoms with Crippen LogP contribution in [-0.2, 0) is 10.1 Å². The lowest BCUT2D eigenvalue weighted by atomic mass is 10.0. The van der Waals surface area contributed by atoms with Gasteiger partial charge in [0.05, 0.1) is 11.4 Å². The monoisotopic (exact) mass is 294 g/mol. The van der Waals surface area contributed by atoms with Gasteiger partial charge in [0.1, 0.15) is 0 Å². The topological polar surface area (TPSA) is 74.6 Å². The highest BCUT2D eigenvalue weighted by Gasteiger charge is 2.24. The molecule has 0 saturated carbocycles. The Kier molecular flexibility index (Phi) is 10.6. The van der Waals surface area contributed by atoms with Crippen LogP contribution in [0.5, 0.6) is 0 Å². The van der Waals surface area contributed by atoms with E-state index >= 15 is 0 Å². The summed E-state index contributed by atoms with van der Waals surface area (Å²) in [5.41, 5.74) is 0. The molecule has 0 spiro atoms. The van der Waals surface area contributed by atoms with E-state index in [9.17, 15) is 13.5 Å². The quantitative estimate of drug-likeness (QED) is 0.426. The van der Waals surface area contributed by atoms with Gasteiger partial charge in [-0.2, -0.15) is 8.42 Å². The van der Waals surface area contributed by atoms with Crippen molar-refractivity contribution in [1.29, 1.82) is 0 Å². The lowest BCUT2D eigenvalue weighted by Gasteiger charge is -2.17. The Bertz CT molecular complexity index is 301. The Balaban J connectivity index is 3.84. The molecular formula is C14H30O4S. The fourth-order valence-electron chi connectivity index (χ4n) is 2.29. The Hall–Kier alpha value is -0.130. The van der Waals surface area contributed by atoms with Crippen LogP contribution in [0.25, 0.3) is 0 Å². The Morgan fingerprint density at radius 2 is 1.47 bits per heavy atom. The van der Waals surface area contributed by atoms with Crippen LogP contribution in [0.3, 0.4) is 0 Å². The molecule has 0 aromatic rings. The van der Waals surface area contributed by atoms with Gasteiger partial charge in [-0.15, -0.1) is 0 Å². The van der Waals surface area contributed by atoms with Crippen LogP contribution in [-0.4, -0.2) is 29.4 Å². The lowest BCUT2D eigenvalue weighted by molar-refractivity contribution is 0.147. The smallest absolute Gasteiger partial charge is 0.267 e. The highest BCUT2D eigenvalue weighted by Crippen LogP contribution is 2.17. The van der Waals surface area contributed by atoms with Gasteiger partial charge in [0.2, 0.25) is 0 Å². The van der Waals surface area contributed by atoms with Crippen LogP contribution >= 0.6 is 0 Å². The maximum absolute atomic E-state index is 11.1. The van der Waals surface area contributed by atoms with Crippen molar-refractivity contribution in [2.75, 3.05) is 0 Å². The molecule has 0 aliphatic heterocycles. The van der Waals surface area contributed by atoms with Gasteiger partial charge in [0.25, 0.3) is 10.1 Å².